The van der Waals surface area contributed by atoms with Gasteiger partial charge in [-0.2, -0.15) is 5.10 Å². The Hall–Kier alpha value is -3.21. The van der Waals surface area contributed by atoms with Gasteiger partial charge in [-0.1, -0.05) is 18.2 Å². The first-order valence-corrected chi connectivity index (χ1v) is 7.72. The molecule has 0 amide bonds. The maximum Gasteiger partial charge on any atom is 0.131 e. The molecule has 3 heterocycles. The summed E-state index contributed by atoms with van der Waals surface area (Å²) in [4.78, 5) is 8.72. The highest BCUT2D eigenvalue weighted by molar-refractivity contribution is 5.86. The molecule has 118 valence electrons. The number of aromatic nitrogens is 4. The third-order valence-electron chi connectivity index (χ3n) is 4.22. The predicted molar refractivity (Wildman–Crippen MR) is 96.3 cm³/mol. The molecular formula is C19H17N5. The maximum atomic E-state index is 6.08. The van der Waals surface area contributed by atoms with Crippen molar-refractivity contribution in [3.05, 3.63) is 60.7 Å². The Morgan fingerprint density at radius 2 is 1.67 bits per heavy atom. The minimum Gasteiger partial charge on any atom is -0.383 e. The lowest BCUT2D eigenvalue weighted by Gasteiger charge is -2.09. The van der Waals surface area contributed by atoms with Crippen LogP contribution in [0.15, 0.2) is 55.0 Å². The Morgan fingerprint density at radius 1 is 0.875 bits per heavy atom. The van der Waals surface area contributed by atoms with Crippen LogP contribution in [0.2, 0.25) is 0 Å². The van der Waals surface area contributed by atoms with Gasteiger partial charge in [-0.3, -0.25) is 9.67 Å². The fraction of sp³-hybridized carbons (Fsp3) is 0.105. The van der Waals surface area contributed by atoms with Gasteiger partial charge in [0.1, 0.15) is 5.82 Å². The summed E-state index contributed by atoms with van der Waals surface area (Å²) >= 11 is 0. The minimum atomic E-state index is 0.506. The van der Waals surface area contributed by atoms with Gasteiger partial charge < -0.3 is 5.73 Å². The van der Waals surface area contributed by atoms with E-state index in [1.165, 1.54) is 0 Å². The van der Waals surface area contributed by atoms with Crippen molar-refractivity contribution in [2.24, 2.45) is 7.05 Å². The van der Waals surface area contributed by atoms with Crippen molar-refractivity contribution in [1.29, 1.82) is 0 Å². The molecule has 0 aliphatic rings. The molecule has 0 saturated heterocycles. The Kier molecular flexibility index (Phi) is 3.27. The summed E-state index contributed by atoms with van der Waals surface area (Å²) < 4.78 is 1.87. The third-order valence-corrected chi connectivity index (χ3v) is 4.22. The van der Waals surface area contributed by atoms with Gasteiger partial charge in [0.25, 0.3) is 0 Å². The fourth-order valence-electron chi connectivity index (χ4n) is 2.82. The minimum absolute atomic E-state index is 0.506. The molecule has 1 aromatic carbocycles. The van der Waals surface area contributed by atoms with Crippen LogP contribution in [0.3, 0.4) is 0 Å². The fourth-order valence-corrected chi connectivity index (χ4v) is 2.82. The van der Waals surface area contributed by atoms with Crippen LogP contribution in [-0.2, 0) is 7.05 Å². The zero-order valence-corrected chi connectivity index (χ0v) is 13.6. The Balaban J connectivity index is 1.84. The largest absolute Gasteiger partial charge is 0.383 e. The number of nitrogens with two attached hydrogens (primary N) is 1. The summed E-state index contributed by atoms with van der Waals surface area (Å²) in [6.45, 7) is 1.96. The number of rotatable bonds is 2. The number of benzene rings is 1. The van der Waals surface area contributed by atoms with E-state index >= 15 is 0 Å². The molecule has 4 aromatic rings. The molecular weight excluding hydrogens is 298 g/mol. The van der Waals surface area contributed by atoms with Crippen molar-refractivity contribution in [2.75, 3.05) is 5.73 Å². The molecule has 0 radical (unpaired) electrons. The van der Waals surface area contributed by atoms with Gasteiger partial charge in [0.05, 0.1) is 11.7 Å². The van der Waals surface area contributed by atoms with Crippen LogP contribution in [-0.4, -0.2) is 19.7 Å². The molecule has 0 spiro atoms. The van der Waals surface area contributed by atoms with Gasteiger partial charge in [-0.15, -0.1) is 0 Å². The van der Waals surface area contributed by atoms with E-state index in [2.05, 4.69) is 39.3 Å². The molecule has 0 atom stereocenters. The number of aryl methyl sites for hydroxylation is 2. The van der Waals surface area contributed by atoms with Crippen LogP contribution < -0.4 is 5.73 Å². The molecule has 5 nitrogen and oxygen atoms in total. The smallest absolute Gasteiger partial charge is 0.131 e. The maximum absolute atomic E-state index is 6.08. The van der Waals surface area contributed by atoms with E-state index in [0.29, 0.717) is 5.82 Å². The van der Waals surface area contributed by atoms with Gasteiger partial charge >= 0.3 is 0 Å². The molecule has 5 heteroatoms. The molecule has 0 fully saturated rings. The van der Waals surface area contributed by atoms with Crippen LogP contribution in [0.5, 0.6) is 0 Å². The second kappa shape index (κ2) is 5.45. The molecule has 2 N–H and O–H groups in total. The van der Waals surface area contributed by atoms with E-state index in [9.17, 15) is 0 Å². The van der Waals surface area contributed by atoms with E-state index in [-0.39, 0.29) is 0 Å². The van der Waals surface area contributed by atoms with E-state index in [0.717, 1.165) is 38.9 Å². The van der Waals surface area contributed by atoms with Gasteiger partial charge in [-0.05, 0) is 30.7 Å². The molecule has 3 aromatic heterocycles. The lowest BCUT2D eigenvalue weighted by atomic mass is 10.0. The van der Waals surface area contributed by atoms with Gasteiger partial charge in [0.2, 0.25) is 0 Å². The van der Waals surface area contributed by atoms with Crippen molar-refractivity contribution >= 4 is 16.7 Å². The second-order valence-corrected chi connectivity index (χ2v) is 5.89. The molecule has 0 saturated carbocycles. The standard InChI is InChI=1S/C19H17N5/c1-12-3-4-14(9-21-12)17-7-16(10-22-19(17)20)13-5-6-15-11-23-24(2)18(15)8-13/h3-11H,1-2H3,(H2,20,22). The van der Waals surface area contributed by atoms with Crippen molar-refractivity contribution < 1.29 is 0 Å². The average Bonchev–Trinajstić information content (AvgIpc) is 2.97. The van der Waals surface area contributed by atoms with Gasteiger partial charge in [0.15, 0.2) is 0 Å². The third kappa shape index (κ3) is 2.40. The number of anilines is 1. The van der Waals surface area contributed by atoms with E-state index in [1.54, 1.807) is 6.20 Å². The first-order chi connectivity index (χ1) is 11.6. The summed E-state index contributed by atoms with van der Waals surface area (Å²) in [5, 5.41) is 5.41. The molecule has 0 aliphatic carbocycles. The van der Waals surface area contributed by atoms with Crippen LogP contribution in [0.25, 0.3) is 33.2 Å². The Morgan fingerprint density at radius 3 is 2.46 bits per heavy atom. The molecule has 0 bridgehead atoms. The van der Waals surface area contributed by atoms with E-state index in [4.69, 9.17) is 5.73 Å². The van der Waals surface area contributed by atoms with E-state index in [1.807, 2.05) is 43.2 Å². The topological polar surface area (TPSA) is 69.6 Å². The van der Waals surface area contributed by atoms with Crippen LogP contribution in [0.4, 0.5) is 5.82 Å². The number of hydrogen-bond donors (Lipinski definition) is 1. The number of pyridine rings is 2. The van der Waals surface area contributed by atoms with E-state index < -0.39 is 0 Å². The zero-order valence-electron chi connectivity index (χ0n) is 13.6. The number of nitrogen functional groups attached to an aromatic ring is 1. The van der Waals surface area contributed by atoms with Crippen molar-refractivity contribution in [2.45, 2.75) is 6.92 Å². The highest BCUT2D eigenvalue weighted by Gasteiger charge is 2.09. The number of hydrogen-bond acceptors (Lipinski definition) is 4. The first-order valence-electron chi connectivity index (χ1n) is 7.72. The molecule has 0 aliphatic heterocycles. The summed E-state index contributed by atoms with van der Waals surface area (Å²) in [6.07, 6.45) is 5.50. The predicted octanol–water partition coefficient (Wildman–Crippen LogP) is 3.59. The summed E-state index contributed by atoms with van der Waals surface area (Å²) in [7, 11) is 1.94. The van der Waals surface area contributed by atoms with Gasteiger partial charge in [0, 0.05) is 47.2 Å². The normalized spacial score (nSPS) is 11.1. The van der Waals surface area contributed by atoms with Crippen molar-refractivity contribution in [1.82, 2.24) is 19.7 Å². The lowest BCUT2D eigenvalue weighted by Crippen LogP contribution is -1.96. The van der Waals surface area contributed by atoms with Crippen molar-refractivity contribution in [3.63, 3.8) is 0 Å². The SMILES string of the molecule is Cc1ccc(-c2cc(-c3ccc4cnn(C)c4c3)cnc2N)cn1. The monoisotopic (exact) mass is 315 g/mol. The second-order valence-electron chi connectivity index (χ2n) is 5.89. The van der Waals surface area contributed by atoms with Crippen molar-refractivity contribution in [3.8, 4) is 22.3 Å². The summed E-state index contributed by atoms with van der Waals surface area (Å²) in [5.41, 5.74) is 12.1. The summed E-state index contributed by atoms with van der Waals surface area (Å²) in [5.74, 6) is 0.506. The Labute approximate surface area is 139 Å². The highest BCUT2D eigenvalue weighted by Crippen LogP contribution is 2.30. The van der Waals surface area contributed by atoms with Crippen LogP contribution in [0, 0.1) is 6.92 Å². The molecule has 24 heavy (non-hydrogen) atoms. The number of fused-ring (bicyclic) bond motifs is 1. The average molecular weight is 315 g/mol. The van der Waals surface area contributed by atoms with Gasteiger partial charge in [-0.25, -0.2) is 4.98 Å². The molecule has 4 rings (SSSR count). The first kappa shape index (κ1) is 14.4. The lowest BCUT2D eigenvalue weighted by molar-refractivity contribution is 0.797. The number of nitrogens with zero attached hydrogens (tertiary/aromatic N) is 4. The Bertz CT molecular complexity index is 1030. The van der Waals surface area contributed by atoms with Crippen LogP contribution >= 0.6 is 0 Å². The quantitative estimate of drug-likeness (QED) is 0.614. The van der Waals surface area contributed by atoms with Crippen LogP contribution in [0.1, 0.15) is 5.69 Å². The zero-order chi connectivity index (χ0) is 16.7. The molecule has 0 unspecified atom stereocenters. The summed E-state index contributed by atoms with van der Waals surface area (Å²) in [6, 6.07) is 12.3. The highest BCUT2D eigenvalue weighted by atomic mass is 15.2.